The molecule has 0 saturated heterocycles. The Balaban J connectivity index is 1.55. The fourth-order valence-corrected chi connectivity index (χ4v) is 3.04. The van der Waals surface area contributed by atoms with Crippen molar-refractivity contribution in [2.45, 2.75) is 6.42 Å². The molecule has 118 valence electrons. The monoisotopic (exact) mass is 319 g/mol. The van der Waals surface area contributed by atoms with Crippen LogP contribution in [-0.4, -0.2) is 50.4 Å². The molecular formula is C16H21N3O2S. The summed E-state index contributed by atoms with van der Waals surface area (Å²) in [5, 5.41) is 6.70. The normalized spacial score (nSPS) is 13.0. The SMILES string of the molecule is CN(C)CCNCCc1nc(-c2ccc3c(c2)OCO3)cs1. The Morgan fingerprint density at radius 3 is 2.95 bits per heavy atom. The highest BCUT2D eigenvalue weighted by Crippen LogP contribution is 2.36. The summed E-state index contributed by atoms with van der Waals surface area (Å²) >= 11 is 1.71. The number of ether oxygens (including phenoxy) is 2. The van der Waals surface area contributed by atoms with Crippen molar-refractivity contribution in [1.82, 2.24) is 15.2 Å². The van der Waals surface area contributed by atoms with Gasteiger partial charge < -0.3 is 19.7 Å². The summed E-state index contributed by atoms with van der Waals surface area (Å²) in [6.07, 6.45) is 0.961. The zero-order chi connectivity index (χ0) is 15.4. The number of nitrogens with zero attached hydrogens (tertiary/aromatic N) is 2. The first kappa shape index (κ1) is 15.3. The third kappa shape index (κ3) is 3.76. The molecule has 22 heavy (non-hydrogen) atoms. The van der Waals surface area contributed by atoms with Crippen LogP contribution in [0.1, 0.15) is 5.01 Å². The van der Waals surface area contributed by atoms with E-state index in [1.54, 1.807) is 11.3 Å². The van der Waals surface area contributed by atoms with Gasteiger partial charge >= 0.3 is 0 Å². The molecule has 1 aliphatic heterocycles. The summed E-state index contributed by atoms with van der Waals surface area (Å²) in [6, 6.07) is 5.97. The van der Waals surface area contributed by atoms with Crippen LogP contribution in [0.25, 0.3) is 11.3 Å². The van der Waals surface area contributed by atoms with Gasteiger partial charge in [-0.3, -0.25) is 0 Å². The van der Waals surface area contributed by atoms with Crippen LogP contribution < -0.4 is 14.8 Å². The topological polar surface area (TPSA) is 46.6 Å². The highest BCUT2D eigenvalue weighted by Gasteiger charge is 2.14. The molecule has 2 heterocycles. The van der Waals surface area contributed by atoms with E-state index in [1.165, 1.54) is 0 Å². The molecule has 0 saturated carbocycles. The molecular weight excluding hydrogens is 298 g/mol. The van der Waals surface area contributed by atoms with Crippen LogP contribution >= 0.6 is 11.3 Å². The number of aromatic nitrogens is 1. The van der Waals surface area contributed by atoms with Gasteiger partial charge in [0.05, 0.1) is 10.7 Å². The van der Waals surface area contributed by atoms with Crippen LogP contribution in [0.2, 0.25) is 0 Å². The van der Waals surface area contributed by atoms with E-state index in [0.29, 0.717) is 6.79 Å². The van der Waals surface area contributed by atoms with Crippen molar-refractivity contribution >= 4 is 11.3 Å². The number of fused-ring (bicyclic) bond motifs is 1. The maximum Gasteiger partial charge on any atom is 0.231 e. The molecule has 0 unspecified atom stereocenters. The summed E-state index contributed by atoms with van der Waals surface area (Å²) in [5.41, 5.74) is 2.08. The van der Waals surface area contributed by atoms with Gasteiger partial charge in [-0.2, -0.15) is 0 Å². The van der Waals surface area contributed by atoms with Crippen LogP contribution in [0.15, 0.2) is 23.6 Å². The van der Waals surface area contributed by atoms with Crippen LogP contribution in [0.5, 0.6) is 11.5 Å². The first-order valence-corrected chi connectivity index (χ1v) is 8.30. The quantitative estimate of drug-likeness (QED) is 0.793. The molecule has 1 aromatic carbocycles. The van der Waals surface area contributed by atoms with Gasteiger partial charge in [-0.15, -0.1) is 11.3 Å². The fraction of sp³-hybridized carbons (Fsp3) is 0.438. The van der Waals surface area contributed by atoms with Crippen LogP contribution in [0.4, 0.5) is 0 Å². The van der Waals surface area contributed by atoms with Crippen molar-refractivity contribution in [3.8, 4) is 22.8 Å². The van der Waals surface area contributed by atoms with E-state index in [4.69, 9.17) is 14.5 Å². The van der Waals surface area contributed by atoms with E-state index in [2.05, 4.69) is 29.7 Å². The molecule has 1 aromatic heterocycles. The number of likely N-dealkylation sites (N-methyl/N-ethyl adjacent to an activating group) is 1. The van der Waals surface area contributed by atoms with E-state index < -0.39 is 0 Å². The zero-order valence-electron chi connectivity index (χ0n) is 13.0. The first-order chi connectivity index (χ1) is 10.7. The highest BCUT2D eigenvalue weighted by atomic mass is 32.1. The molecule has 1 aliphatic rings. The van der Waals surface area contributed by atoms with Crippen molar-refractivity contribution < 1.29 is 9.47 Å². The Kier molecular flexibility index (Phi) is 4.92. The summed E-state index contributed by atoms with van der Waals surface area (Å²) in [7, 11) is 4.17. The maximum absolute atomic E-state index is 5.42. The van der Waals surface area contributed by atoms with Gasteiger partial charge in [-0.25, -0.2) is 4.98 Å². The lowest BCUT2D eigenvalue weighted by molar-refractivity contribution is 0.174. The van der Waals surface area contributed by atoms with Crippen LogP contribution in [0, 0.1) is 0 Å². The third-order valence-corrected chi connectivity index (χ3v) is 4.38. The first-order valence-electron chi connectivity index (χ1n) is 7.42. The lowest BCUT2D eigenvalue weighted by atomic mass is 10.1. The largest absolute Gasteiger partial charge is 0.454 e. The summed E-state index contributed by atoms with van der Waals surface area (Å²) < 4.78 is 10.8. The molecule has 0 radical (unpaired) electrons. The van der Waals surface area contributed by atoms with Gasteiger partial charge in [-0.05, 0) is 32.3 Å². The molecule has 1 N–H and O–H groups in total. The Morgan fingerprint density at radius 1 is 1.23 bits per heavy atom. The molecule has 3 rings (SSSR count). The van der Waals surface area contributed by atoms with Crippen molar-refractivity contribution in [2.24, 2.45) is 0 Å². The molecule has 2 aromatic rings. The molecule has 0 fully saturated rings. The Morgan fingerprint density at radius 2 is 2.09 bits per heavy atom. The smallest absolute Gasteiger partial charge is 0.231 e. The second-order valence-electron chi connectivity index (χ2n) is 5.50. The number of hydrogen-bond acceptors (Lipinski definition) is 6. The molecule has 6 heteroatoms. The number of rotatable bonds is 7. The van der Waals surface area contributed by atoms with Gasteiger partial charge in [0.1, 0.15) is 0 Å². The number of benzene rings is 1. The van der Waals surface area contributed by atoms with Crippen LogP contribution in [-0.2, 0) is 6.42 Å². The van der Waals surface area contributed by atoms with Crippen molar-refractivity contribution in [3.63, 3.8) is 0 Å². The highest BCUT2D eigenvalue weighted by molar-refractivity contribution is 7.09. The molecule has 5 nitrogen and oxygen atoms in total. The summed E-state index contributed by atoms with van der Waals surface area (Å²) in [6.45, 7) is 3.33. The van der Waals surface area contributed by atoms with E-state index in [0.717, 1.165) is 53.8 Å². The second kappa shape index (κ2) is 7.09. The molecule has 0 bridgehead atoms. The predicted octanol–water partition coefficient (Wildman–Crippen LogP) is 2.23. The molecule has 0 atom stereocenters. The van der Waals surface area contributed by atoms with Gasteiger partial charge in [0.2, 0.25) is 6.79 Å². The molecule has 0 spiro atoms. The van der Waals surface area contributed by atoms with Crippen molar-refractivity contribution in [1.29, 1.82) is 0 Å². The predicted molar refractivity (Wildman–Crippen MR) is 88.8 cm³/mol. The van der Waals surface area contributed by atoms with Gasteiger partial charge in [0, 0.05) is 37.0 Å². The third-order valence-electron chi connectivity index (χ3n) is 3.47. The Bertz CT molecular complexity index is 628. The maximum atomic E-state index is 5.42. The van der Waals surface area contributed by atoms with Crippen molar-refractivity contribution in [2.75, 3.05) is 40.5 Å². The van der Waals surface area contributed by atoms with Crippen LogP contribution in [0.3, 0.4) is 0 Å². The van der Waals surface area contributed by atoms with Gasteiger partial charge in [0.15, 0.2) is 11.5 Å². The zero-order valence-corrected chi connectivity index (χ0v) is 13.8. The van der Waals surface area contributed by atoms with E-state index in [-0.39, 0.29) is 0 Å². The standard InChI is InChI=1S/C16H21N3O2S/c1-19(2)8-7-17-6-5-16-18-13(10-22-16)12-3-4-14-15(9-12)21-11-20-14/h3-4,9-10,17H,5-8,11H2,1-2H3. The van der Waals surface area contributed by atoms with E-state index >= 15 is 0 Å². The minimum atomic E-state index is 0.305. The van der Waals surface area contributed by atoms with E-state index in [9.17, 15) is 0 Å². The summed E-state index contributed by atoms with van der Waals surface area (Å²) in [4.78, 5) is 6.89. The second-order valence-corrected chi connectivity index (χ2v) is 6.44. The van der Waals surface area contributed by atoms with Gasteiger partial charge in [-0.1, -0.05) is 0 Å². The average Bonchev–Trinajstić information content (AvgIpc) is 3.14. The molecule has 0 aliphatic carbocycles. The lowest BCUT2D eigenvalue weighted by Gasteiger charge is -2.09. The fourth-order valence-electron chi connectivity index (χ4n) is 2.24. The lowest BCUT2D eigenvalue weighted by Crippen LogP contribution is -2.27. The Hall–Kier alpha value is -1.63. The molecule has 0 amide bonds. The Labute approximate surface area is 134 Å². The van der Waals surface area contributed by atoms with E-state index in [1.807, 2.05) is 18.2 Å². The minimum Gasteiger partial charge on any atom is -0.454 e. The number of thiazole rings is 1. The van der Waals surface area contributed by atoms with Crippen molar-refractivity contribution in [3.05, 3.63) is 28.6 Å². The summed E-state index contributed by atoms with van der Waals surface area (Å²) in [5.74, 6) is 1.61. The number of nitrogens with one attached hydrogen (secondary N) is 1. The average molecular weight is 319 g/mol. The van der Waals surface area contributed by atoms with Gasteiger partial charge in [0.25, 0.3) is 0 Å². The number of hydrogen-bond donors (Lipinski definition) is 1. The minimum absolute atomic E-state index is 0.305.